The Bertz CT molecular complexity index is 1150. The van der Waals surface area contributed by atoms with Gasteiger partial charge in [-0.15, -0.1) is 0 Å². The summed E-state index contributed by atoms with van der Waals surface area (Å²) in [4.78, 5) is 34.7. The van der Waals surface area contributed by atoms with Crippen LogP contribution >= 0.6 is 0 Å². The summed E-state index contributed by atoms with van der Waals surface area (Å²) in [6, 6.07) is 1.42. The number of amides is 2. The van der Waals surface area contributed by atoms with Gasteiger partial charge in [0, 0.05) is 31.1 Å². The number of piperidine rings is 1. The maximum atomic E-state index is 12.7. The third kappa shape index (κ3) is 4.35. The zero-order valence-electron chi connectivity index (χ0n) is 21.5. The van der Waals surface area contributed by atoms with Crippen LogP contribution in [0.3, 0.4) is 0 Å². The molecule has 1 unspecified atom stereocenters. The van der Waals surface area contributed by atoms with Crippen LogP contribution in [0.5, 0.6) is 0 Å². The summed E-state index contributed by atoms with van der Waals surface area (Å²) in [5, 5.41) is 10.3. The van der Waals surface area contributed by atoms with E-state index in [4.69, 9.17) is 9.41 Å². The zero-order chi connectivity index (χ0) is 25.0. The molecule has 2 aromatic rings. The van der Waals surface area contributed by atoms with Gasteiger partial charge in [-0.05, 0) is 37.0 Å². The maximum Gasteiger partial charge on any atom is 0.268 e. The van der Waals surface area contributed by atoms with Crippen LogP contribution < -0.4 is 16.0 Å². The van der Waals surface area contributed by atoms with Gasteiger partial charge in [0.05, 0.1) is 11.6 Å². The van der Waals surface area contributed by atoms with Gasteiger partial charge in [-0.25, -0.2) is 4.98 Å². The van der Waals surface area contributed by atoms with E-state index in [0.717, 1.165) is 36.7 Å². The summed E-state index contributed by atoms with van der Waals surface area (Å²) in [7, 11) is -1.96. The van der Waals surface area contributed by atoms with Crippen LogP contribution in [0, 0.1) is 0 Å². The summed E-state index contributed by atoms with van der Waals surface area (Å²) in [6.07, 6.45) is 7.82. The molecule has 9 nitrogen and oxygen atoms in total. The molecular formula is C25H38N6O3Si. The molecule has 35 heavy (non-hydrogen) atoms. The van der Waals surface area contributed by atoms with E-state index < -0.39 is 14.4 Å². The van der Waals surface area contributed by atoms with Crippen LogP contribution in [0.25, 0.3) is 11.0 Å². The molecule has 2 fully saturated rings. The zero-order valence-corrected chi connectivity index (χ0v) is 22.5. The van der Waals surface area contributed by atoms with Crippen LogP contribution in [0.1, 0.15) is 69.8 Å². The number of carbonyl (C=O) groups excluding carboxylic acids is 2. The lowest BCUT2D eigenvalue weighted by atomic mass is 9.80. The molecule has 190 valence electrons. The molecule has 1 saturated carbocycles. The minimum absolute atomic E-state index is 0.0508. The van der Waals surface area contributed by atoms with Crippen LogP contribution in [-0.2, 0) is 14.8 Å². The number of nitrogens with zero attached hydrogens (tertiary/aromatic N) is 3. The molecule has 3 N–H and O–H groups in total. The van der Waals surface area contributed by atoms with Gasteiger partial charge in [0.15, 0.2) is 8.32 Å². The highest BCUT2D eigenvalue weighted by Crippen LogP contribution is 2.41. The van der Waals surface area contributed by atoms with Crippen molar-refractivity contribution in [1.29, 1.82) is 0 Å². The minimum atomic E-state index is -1.96. The van der Waals surface area contributed by atoms with Crippen molar-refractivity contribution in [2.45, 2.75) is 95.1 Å². The summed E-state index contributed by atoms with van der Waals surface area (Å²) in [5.74, 6) is 0.276. The molecule has 4 heterocycles. The van der Waals surface area contributed by atoms with Crippen molar-refractivity contribution in [1.82, 2.24) is 25.2 Å². The second-order valence-corrected chi connectivity index (χ2v) is 16.7. The van der Waals surface area contributed by atoms with E-state index in [1.807, 2.05) is 6.07 Å². The van der Waals surface area contributed by atoms with E-state index in [-0.39, 0.29) is 28.5 Å². The largest absolute Gasteiger partial charge is 0.412 e. The Labute approximate surface area is 207 Å². The number of hydrogen-bond donors (Lipinski definition) is 3. The van der Waals surface area contributed by atoms with E-state index in [1.54, 1.807) is 6.20 Å². The average molecular weight is 499 g/mol. The summed E-state index contributed by atoms with van der Waals surface area (Å²) < 4.78 is 8.72. The molecule has 1 saturated heterocycles. The topological polar surface area (TPSA) is 110 Å². The third-order valence-electron chi connectivity index (χ3n) is 8.50. The Morgan fingerprint density at radius 1 is 1.17 bits per heavy atom. The molecule has 2 aliphatic heterocycles. The molecule has 1 spiro atoms. The highest BCUT2D eigenvalue weighted by atomic mass is 28.4. The first kappa shape index (κ1) is 24.2. The average Bonchev–Trinajstić information content (AvgIpc) is 3.19. The molecule has 2 aromatic heterocycles. The second kappa shape index (κ2) is 8.58. The predicted molar refractivity (Wildman–Crippen MR) is 138 cm³/mol. The number of rotatable bonds is 4. The SMILES string of the molecule is CC(C)(C)[Si](C)(C)OC1CNC(=O)[C@@H](Nc2ncc3cc4n(c3n2)C2(CCCCC2)CNC4=O)C1. The first-order valence-corrected chi connectivity index (χ1v) is 15.8. The van der Waals surface area contributed by atoms with Crippen LogP contribution in [0.2, 0.25) is 18.1 Å². The van der Waals surface area contributed by atoms with E-state index in [2.05, 4.69) is 59.4 Å². The van der Waals surface area contributed by atoms with Crippen LogP contribution in [0.4, 0.5) is 5.95 Å². The van der Waals surface area contributed by atoms with Gasteiger partial charge in [-0.3, -0.25) is 9.59 Å². The summed E-state index contributed by atoms with van der Waals surface area (Å²) in [5.41, 5.74) is 1.27. The number of fused-ring (bicyclic) bond motifs is 4. The van der Waals surface area contributed by atoms with Gasteiger partial charge >= 0.3 is 0 Å². The van der Waals surface area contributed by atoms with Gasteiger partial charge in [0.25, 0.3) is 5.91 Å². The van der Waals surface area contributed by atoms with Crippen LogP contribution in [0.15, 0.2) is 12.3 Å². The van der Waals surface area contributed by atoms with Crippen molar-refractivity contribution in [2.75, 3.05) is 18.4 Å². The van der Waals surface area contributed by atoms with Gasteiger partial charge in [-0.1, -0.05) is 40.0 Å². The van der Waals surface area contributed by atoms with Crippen molar-refractivity contribution < 1.29 is 14.0 Å². The molecule has 3 aliphatic rings. The number of nitrogens with one attached hydrogen (secondary N) is 3. The molecule has 2 atom stereocenters. The standard InChI is InChI=1S/C25H38N6O3Si/c1-24(2,3)35(4,5)34-17-12-18(21(32)26-14-17)29-23-27-13-16-11-19-22(33)28-15-25(9-7-6-8-10-25)31(19)20(16)30-23/h11,13,17-18H,6-10,12,14-15H2,1-5H3,(H,26,32)(H,28,33)(H,27,29,30)/t17?,18-/m0/s1. The molecule has 5 rings (SSSR count). The predicted octanol–water partition coefficient (Wildman–Crippen LogP) is 3.52. The molecule has 0 aromatic carbocycles. The summed E-state index contributed by atoms with van der Waals surface area (Å²) >= 11 is 0. The number of carbonyl (C=O) groups is 2. The molecule has 0 radical (unpaired) electrons. The fourth-order valence-electron chi connectivity index (χ4n) is 5.48. The fourth-order valence-corrected chi connectivity index (χ4v) is 6.85. The molecule has 0 bridgehead atoms. The van der Waals surface area contributed by atoms with E-state index in [0.29, 0.717) is 31.2 Å². The maximum absolute atomic E-state index is 12.7. The number of hydrogen-bond acceptors (Lipinski definition) is 6. The summed E-state index contributed by atoms with van der Waals surface area (Å²) in [6.45, 7) is 12.3. The molecular weight excluding hydrogens is 460 g/mol. The van der Waals surface area contributed by atoms with E-state index in [9.17, 15) is 9.59 Å². The Morgan fingerprint density at radius 2 is 1.91 bits per heavy atom. The lowest BCUT2D eigenvalue weighted by molar-refractivity contribution is -0.124. The Morgan fingerprint density at radius 3 is 2.63 bits per heavy atom. The van der Waals surface area contributed by atoms with E-state index in [1.165, 1.54) is 6.42 Å². The minimum Gasteiger partial charge on any atom is -0.412 e. The number of aromatic nitrogens is 3. The third-order valence-corrected chi connectivity index (χ3v) is 13.0. The fraction of sp³-hybridized carbons (Fsp3) is 0.680. The van der Waals surface area contributed by atoms with E-state index >= 15 is 0 Å². The van der Waals surface area contributed by atoms with Crippen molar-refractivity contribution in [2.24, 2.45) is 0 Å². The lowest BCUT2D eigenvalue weighted by Gasteiger charge is -2.43. The molecule has 10 heteroatoms. The van der Waals surface area contributed by atoms with Crippen LogP contribution in [-0.4, -0.2) is 59.9 Å². The first-order valence-electron chi connectivity index (χ1n) is 12.9. The van der Waals surface area contributed by atoms with Gasteiger partial charge in [0.2, 0.25) is 11.9 Å². The van der Waals surface area contributed by atoms with Crippen molar-refractivity contribution in [3.8, 4) is 0 Å². The quantitative estimate of drug-likeness (QED) is 0.557. The normalized spacial score (nSPS) is 24.7. The lowest BCUT2D eigenvalue weighted by Crippen LogP contribution is -2.55. The number of anilines is 1. The smallest absolute Gasteiger partial charge is 0.268 e. The van der Waals surface area contributed by atoms with Crippen molar-refractivity contribution in [3.05, 3.63) is 18.0 Å². The Hall–Kier alpha value is -2.46. The molecule has 1 aliphatic carbocycles. The van der Waals surface area contributed by atoms with Gasteiger partial charge < -0.3 is 24.9 Å². The van der Waals surface area contributed by atoms with Crippen molar-refractivity contribution >= 4 is 37.1 Å². The monoisotopic (exact) mass is 498 g/mol. The highest BCUT2D eigenvalue weighted by Gasteiger charge is 2.43. The van der Waals surface area contributed by atoms with Crippen molar-refractivity contribution in [3.63, 3.8) is 0 Å². The highest BCUT2D eigenvalue weighted by molar-refractivity contribution is 6.74. The second-order valence-electron chi connectivity index (χ2n) is 12.0. The molecule has 2 amide bonds. The Balaban J connectivity index is 1.41. The first-order chi connectivity index (χ1) is 16.5. The van der Waals surface area contributed by atoms with Gasteiger partial charge in [0.1, 0.15) is 17.4 Å². The van der Waals surface area contributed by atoms with Gasteiger partial charge in [-0.2, -0.15) is 4.98 Å². The Kier molecular flexibility index (Phi) is 5.94.